The molecule has 5 rings (SSSR count). The maximum absolute atomic E-state index is 13.3. The summed E-state index contributed by atoms with van der Waals surface area (Å²) in [5, 5.41) is 16.3. The van der Waals surface area contributed by atoms with Crippen molar-refractivity contribution in [2.75, 3.05) is 13.7 Å². The van der Waals surface area contributed by atoms with Gasteiger partial charge in [0.05, 0.1) is 49.0 Å². The fourth-order valence-corrected chi connectivity index (χ4v) is 4.84. The van der Waals surface area contributed by atoms with E-state index in [9.17, 15) is 4.79 Å². The molecule has 1 saturated heterocycles. The summed E-state index contributed by atoms with van der Waals surface area (Å²) in [6.45, 7) is 1.31. The Kier molecular flexibility index (Phi) is 5.92. The van der Waals surface area contributed by atoms with Crippen LogP contribution in [0.2, 0.25) is 0 Å². The Balaban J connectivity index is 1.20. The van der Waals surface area contributed by atoms with Crippen molar-refractivity contribution in [2.45, 2.75) is 44.7 Å². The SMILES string of the molecule is COc1cncc([C@@H]2CCON2C(=O)C2CCC(Cn3cc4ccc(C#N)cc4n3)CC2)n1. The topological polar surface area (TPSA) is 106 Å². The van der Waals surface area contributed by atoms with Crippen LogP contribution in [-0.2, 0) is 16.2 Å². The molecule has 170 valence electrons. The highest BCUT2D eigenvalue weighted by Crippen LogP contribution is 2.36. The second kappa shape index (κ2) is 9.16. The van der Waals surface area contributed by atoms with Crippen molar-refractivity contribution in [2.24, 2.45) is 11.8 Å². The van der Waals surface area contributed by atoms with Crippen LogP contribution in [-0.4, -0.2) is 44.4 Å². The molecule has 0 bridgehead atoms. The zero-order chi connectivity index (χ0) is 22.8. The maximum atomic E-state index is 13.3. The zero-order valence-electron chi connectivity index (χ0n) is 18.6. The summed E-state index contributed by atoms with van der Waals surface area (Å²) in [6, 6.07) is 7.50. The van der Waals surface area contributed by atoms with Gasteiger partial charge in [-0.25, -0.2) is 10.0 Å². The highest BCUT2D eigenvalue weighted by molar-refractivity contribution is 5.79. The lowest BCUT2D eigenvalue weighted by atomic mass is 9.81. The molecule has 0 N–H and O–H groups in total. The summed E-state index contributed by atoms with van der Waals surface area (Å²) in [5.74, 6) is 0.894. The van der Waals surface area contributed by atoms with Crippen molar-refractivity contribution < 1.29 is 14.4 Å². The van der Waals surface area contributed by atoms with Crippen molar-refractivity contribution >= 4 is 16.8 Å². The Bertz CT molecular complexity index is 1190. The summed E-state index contributed by atoms with van der Waals surface area (Å²) >= 11 is 0. The van der Waals surface area contributed by atoms with Crippen LogP contribution >= 0.6 is 0 Å². The molecular formula is C24H26N6O3. The van der Waals surface area contributed by atoms with Gasteiger partial charge in [0.1, 0.15) is 6.04 Å². The van der Waals surface area contributed by atoms with Crippen LogP contribution in [0.4, 0.5) is 0 Å². The van der Waals surface area contributed by atoms with E-state index in [1.807, 2.05) is 29.1 Å². The monoisotopic (exact) mass is 446 g/mol. The summed E-state index contributed by atoms with van der Waals surface area (Å²) in [6.07, 6.45) is 9.55. The lowest BCUT2D eigenvalue weighted by Gasteiger charge is -2.31. The Hall–Kier alpha value is -3.51. The minimum absolute atomic E-state index is 0.0365. The Morgan fingerprint density at radius 1 is 1.24 bits per heavy atom. The van der Waals surface area contributed by atoms with Crippen LogP contribution in [0.5, 0.6) is 5.88 Å². The van der Waals surface area contributed by atoms with Gasteiger partial charge in [0.25, 0.3) is 0 Å². The van der Waals surface area contributed by atoms with Crippen molar-refractivity contribution in [1.29, 1.82) is 5.26 Å². The molecule has 1 aromatic carbocycles. The number of ether oxygens (including phenoxy) is 1. The average molecular weight is 447 g/mol. The minimum Gasteiger partial charge on any atom is -0.480 e. The van der Waals surface area contributed by atoms with E-state index in [0.717, 1.165) is 43.1 Å². The van der Waals surface area contributed by atoms with E-state index in [2.05, 4.69) is 21.1 Å². The van der Waals surface area contributed by atoms with Gasteiger partial charge in [-0.3, -0.25) is 19.3 Å². The molecule has 1 aliphatic heterocycles. The van der Waals surface area contributed by atoms with Crippen LogP contribution in [0.3, 0.4) is 0 Å². The number of hydroxylamine groups is 2. The number of aromatic nitrogens is 4. The lowest BCUT2D eigenvalue weighted by Crippen LogP contribution is -2.37. The van der Waals surface area contributed by atoms with Gasteiger partial charge >= 0.3 is 0 Å². The molecule has 3 aromatic rings. The number of amides is 1. The quantitative estimate of drug-likeness (QED) is 0.591. The number of fused-ring (bicyclic) bond motifs is 1. The van der Waals surface area contributed by atoms with Crippen molar-refractivity contribution in [1.82, 2.24) is 24.8 Å². The third-order valence-electron chi connectivity index (χ3n) is 6.63. The fourth-order valence-electron chi connectivity index (χ4n) is 4.84. The number of hydrogen-bond acceptors (Lipinski definition) is 7. The van der Waals surface area contributed by atoms with Gasteiger partial charge < -0.3 is 4.74 Å². The molecule has 2 aromatic heterocycles. The lowest BCUT2D eigenvalue weighted by molar-refractivity contribution is -0.183. The number of benzene rings is 1. The van der Waals surface area contributed by atoms with Crippen molar-refractivity contribution in [3.8, 4) is 11.9 Å². The first-order valence-electron chi connectivity index (χ1n) is 11.3. The molecule has 9 nitrogen and oxygen atoms in total. The Labute approximate surface area is 191 Å². The molecular weight excluding hydrogens is 420 g/mol. The maximum Gasteiger partial charge on any atom is 0.249 e. The number of carbonyl (C=O) groups excluding carboxylic acids is 1. The summed E-state index contributed by atoms with van der Waals surface area (Å²) in [7, 11) is 1.55. The molecule has 1 amide bonds. The first-order chi connectivity index (χ1) is 16.1. The summed E-state index contributed by atoms with van der Waals surface area (Å²) in [4.78, 5) is 27.6. The van der Waals surface area contributed by atoms with Crippen molar-refractivity contribution in [3.63, 3.8) is 0 Å². The molecule has 33 heavy (non-hydrogen) atoms. The second-order valence-electron chi connectivity index (χ2n) is 8.74. The zero-order valence-corrected chi connectivity index (χ0v) is 18.6. The summed E-state index contributed by atoms with van der Waals surface area (Å²) < 4.78 is 7.15. The molecule has 0 spiro atoms. The molecule has 1 atom stereocenters. The molecule has 1 aliphatic carbocycles. The fraction of sp³-hybridized carbons (Fsp3) is 0.458. The van der Waals surface area contributed by atoms with Crippen LogP contribution in [0.25, 0.3) is 10.9 Å². The van der Waals surface area contributed by atoms with Crippen LogP contribution in [0.15, 0.2) is 36.8 Å². The number of carbonyl (C=O) groups is 1. The Morgan fingerprint density at radius 2 is 2.09 bits per heavy atom. The third-order valence-corrected chi connectivity index (χ3v) is 6.63. The first-order valence-corrected chi connectivity index (χ1v) is 11.3. The van der Waals surface area contributed by atoms with Crippen LogP contribution in [0.1, 0.15) is 49.4 Å². The van der Waals surface area contributed by atoms with E-state index in [4.69, 9.17) is 14.8 Å². The third kappa shape index (κ3) is 4.39. The number of nitrogens with zero attached hydrogens (tertiary/aromatic N) is 6. The van der Waals surface area contributed by atoms with Gasteiger partial charge in [0.15, 0.2) is 0 Å². The van der Waals surface area contributed by atoms with Gasteiger partial charge in [-0.2, -0.15) is 10.4 Å². The molecule has 9 heteroatoms. The van der Waals surface area contributed by atoms with Gasteiger partial charge in [0.2, 0.25) is 11.8 Å². The molecule has 2 fully saturated rings. The smallest absolute Gasteiger partial charge is 0.249 e. The number of hydrogen-bond donors (Lipinski definition) is 0. The molecule has 1 saturated carbocycles. The molecule has 0 unspecified atom stereocenters. The van der Waals surface area contributed by atoms with E-state index in [1.54, 1.807) is 19.5 Å². The van der Waals surface area contributed by atoms with E-state index in [1.165, 1.54) is 5.06 Å². The number of methoxy groups -OCH3 is 1. The first kappa shape index (κ1) is 21.3. The van der Waals surface area contributed by atoms with Crippen LogP contribution < -0.4 is 4.74 Å². The van der Waals surface area contributed by atoms with E-state index < -0.39 is 0 Å². The van der Waals surface area contributed by atoms with Gasteiger partial charge in [-0.15, -0.1) is 0 Å². The highest BCUT2D eigenvalue weighted by Gasteiger charge is 2.38. The largest absolute Gasteiger partial charge is 0.480 e. The number of nitriles is 1. The van der Waals surface area contributed by atoms with Gasteiger partial charge in [-0.05, 0) is 49.8 Å². The number of rotatable bonds is 5. The van der Waals surface area contributed by atoms with Crippen molar-refractivity contribution in [3.05, 3.63) is 48.0 Å². The van der Waals surface area contributed by atoms with Crippen LogP contribution in [0, 0.1) is 23.2 Å². The predicted octanol–water partition coefficient (Wildman–Crippen LogP) is 3.42. The van der Waals surface area contributed by atoms with Gasteiger partial charge in [0, 0.05) is 30.5 Å². The van der Waals surface area contributed by atoms with E-state index in [0.29, 0.717) is 36.1 Å². The van der Waals surface area contributed by atoms with Gasteiger partial charge in [-0.1, -0.05) is 0 Å². The average Bonchev–Trinajstić information content (AvgIpc) is 3.50. The standard InChI is InChI=1S/C24H26N6O3/c1-32-23-13-26-12-21(27-23)22-8-9-33-30(22)24(31)18-5-2-16(3-6-18)14-29-15-19-7-4-17(11-25)10-20(19)28-29/h4,7,10,12-13,15-16,18,22H,2-3,5-6,8-9,14H2,1H3/t16?,18?,22-/m0/s1. The molecule has 2 aliphatic rings. The summed E-state index contributed by atoms with van der Waals surface area (Å²) in [5.41, 5.74) is 2.16. The minimum atomic E-state index is -0.229. The molecule has 0 radical (unpaired) electrons. The normalized spacial score (nSPS) is 22.9. The highest BCUT2D eigenvalue weighted by atomic mass is 16.7. The Morgan fingerprint density at radius 3 is 2.88 bits per heavy atom. The second-order valence-corrected chi connectivity index (χ2v) is 8.74. The molecule has 3 heterocycles. The van der Waals surface area contributed by atoms with E-state index in [-0.39, 0.29) is 17.9 Å². The van der Waals surface area contributed by atoms with E-state index >= 15 is 0 Å². The predicted molar refractivity (Wildman–Crippen MR) is 119 cm³/mol.